The van der Waals surface area contributed by atoms with Crippen LogP contribution < -0.4 is 10.8 Å². The Kier molecular flexibility index (Phi) is 7.37. The molecular weight excluding hydrogens is 667 g/mol. The maximum Gasteiger partial charge on any atom is 0.227 e. The van der Waals surface area contributed by atoms with Crippen LogP contribution in [0.25, 0.3) is 108 Å². The molecule has 0 radical (unpaired) electrons. The highest BCUT2D eigenvalue weighted by molar-refractivity contribution is 6.12. The Morgan fingerprint density at radius 1 is 0.556 bits per heavy atom. The third-order valence-electron chi connectivity index (χ3n) is 9.76. The van der Waals surface area contributed by atoms with Crippen molar-refractivity contribution < 1.29 is 8.83 Å². The van der Waals surface area contributed by atoms with E-state index < -0.39 is 0 Å². The lowest BCUT2D eigenvalue weighted by atomic mass is 10.0. The number of hydrogen-bond donors (Lipinski definition) is 0. The van der Waals surface area contributed by atoms with Gasteiger partial charge in [-0.1, -0.05) is 110 Å². The molecule has 10 rings (SSSR count). The number of furan rings is 1. The van der Waals surface area contributed by atoms with Crippen molar-refractivity contribution in [2.45, 2.75) is 6.92 Å². The van der Waals surface area contributed by atoms with Crippen molar-refractivity contribution in [2.24, 2.45) is 0 Å². The molecule has 0 amide bonds. The lowest BCUT2D eigenvalue weighted by Gasteiger charge is -2.12. The van der Waals surface area contributed by atoms with Crippen molar-refractivity contribution in [3.05, 3.63) is 162 Å². The van der Waals surface area contributed by atoms with Crippen LogP contribution in [0.4, 0.5) is 0 Å². The van der Waals surface area contributed by atoms with Crippen molar-refractivity contribution in [2.75, 3.05) is 0 Å². The first-order chi connectivity index (χ1) is 26.6. The Morgan fingerprint density at radius 3 is 2.02 bits per heavy atom. The molecule has 6 aromatic carbocycles. The Morgan fingerprint density at radius 2 is 1.24 bits per heavy atom. The van der Waals surface area contributed by atoms with Gasteiger partial charge in [0.25, 0.3) is 0 Å². The minimum Gasteiger partial charge on any atom is -0.456 e. The molecule has 0 saturated carbocycles. The first kappa shape index (κ1) is 31.4. The van der Waals surface area contributed by atoms with Gasteiger partial charge in [0.05, 0.1) is 11.0 Å². The zero-order valence-electron chi connectivity index (χ0n) is 29.3. The van der Waals surface area contributed by atoms with Crippen LogP contribution in [0.1, 0.15) is 6.92 Å². The summed E-state index contributed by atoms with van der Waals surface area (Å²) in [4.78, 5) is 19.9. The van der Waals surface area contributed by atoms with Gasteiger partial charge in [0.15, 0.2) is 22.9 Å². The Hall–Kier alpha value is -7.38. The van der Waals surface area contributed by atoms with E-state index in [1.54, 1.807) is 0 Å². The molecular formula is C47H31N5O2. The van der Waals surface area contributed by atoms with Gasteiger partial charge >= 0.3 is 0 Å². The largest absolute Gasteiger partial charge is 0.456 e. The lowest BCUT2D eigenvalue weighted by molar-refractivity contribution is 0.540. The average Bonchev–Trinajstić information content (AvgIpc) is 3.90. The Labute approximate surface area is 309 Å². The zero-order valence-corrected chi connectivity index (χ0v) is 29.3. The molecule has 0 fully saturated rings. The van der Waals surface area contributed by atoms with Crippen molar-refractivity contribution in [3.63, 3.8) is 0 Å². The van der Waals surface area contributed by atoms with E-state index in [0.29, 0.717) is 39.7 Å². The summed E-state index contributed by atoms with van der Waals surface area (Å²) < 4.78 is 14.8. The first-order valence-electron chi connectivity index (χ1n) is 17.8. The molecule has 4 heterocycles. The molecule has 0 aliphatic carbocycles. The summed E-state index contributed by atoms with van der Waals surface area (Å²) in [7, 11) is 0. The maximum absolute atomic E-state index is 6.46. The van der Waals surface area contributed by atoms with E-state index in [2.05, 4.69) is 88.9 Å². The zero-order chi connectivity index (χ0) is 36.2. The Balaban J connectivity index is 1.14. The quantitative estimate of drug-likeness (QED) is 0.172. The van der Waals surface area contributed by atoms with Gasteiger partial charge in [0.1, 0.15) is 16.5 Å². The molecule has 0 atom stereocenters. The van der Waals surface area contributed by atoms with E-state index in [9.17, 15) is 0 Å². The molecule has 0 bridgehead atoms. The molecule has 0 unspecified atom stereocenters. The number of aromatic nitrogens is 5. The highest BCUT2D eigenvalue weighted by Crippen LogP contribution is 2.38. The predicted molar refractivity (Wildman–Crippen MR) is 217 cm³/mol. The summed E-state index contributed by atoms with van der Waals surface area (Å²) in [5, 5.41) is 4.85. The number of rotatable bonds is 6. The summed E-state index contributed by atoms with van der Waals surface area (Å²) in [6.45, 7) is 6.00. The van der Waals surface area contributed by atoms with Crippen molar-refractivity contribution in [1.29, 1.82) is 0 Å². The fourth-order valence-electron chi connectivity index (χ4n) is 7.27. The van der Waals surface area contributed by atoms with Gasteiger partial charge in [-0.05, 0) is 61.5 Å². The molecule has 0 spiro atoms. The second-order valence-electron chi connectivity index (χ2n) is 13.1. The van der Waals surface area contributed by atoms with E-state index in [4.69, 9.17) is 23.8 Å². The van der Waals surface area contributed by atoms with Gasteiger partial charge in [0, 0.05) is 49.5 Å². The average molecular weight is 698 g/mol. The second kappa shape index (κ2) is 12.7. The lowest BCUT2D eigenvalue weighted by Crippen LogP contribution is -2.19. The Bertz CT molecular complexity index is 3150. The van der Waals surface area contributed by atoms with E-state index in [-0.39, 0.29) is 0 Å². The van der Waals surface area contributed by atoms with Crippen LogP contribution >= 0.6 is 0 Å². The maximum atomic E-state index is 6.46. The number of oxazole rings is 1. The van der Waals surface area contributed by atoms with Gasteiger partial charge in [0.2, 0.25) is 5.89 Å². The monoisotopic (exact) mass is 697 g/mol. The first-order valence-corrected chi connectivity index (χ1v) is 17.8. The molecule has 0 saturated heterocycles. The van der Waals surface area contributed by atoms with Crippen LogP contribution in [0.5, 0.6) is 0 Å². The summed E-state index contributed by atoms with van der Waals surface area (Å²) in [5.41, 5.74) is 8.77. The van der Waals surface area contributed by atoms with Crippen LogP contribution in [0.2, 0.25) is 0 Å². The number of allylic oxidation sites excluding steroid dienone is 2. The molecule has 0 aliphatic heterocycles. The van der Waals surface area contributed by atoms with Crippen molar-refractivity contribution >= 4 is 56.4 Å². The smallest absolute Gasteiger partial charge is 0.227 e. The molecule has 7 nitrogen and oxygen atoms in total. The fourth-order valence-corrected chi connectivity index (χ4v) is 7.27. The minimum atomic E-state index is 0.482. The molecule has 7 heteroatoms. The van der Waals surface area contributed by atoms with Gasteiger partial charge in [-0.3, -0.25) is 0 Å². The van der Waals surface area contributed by atoms with E-state index in [0.717, 1.165) is 55.3 Å². The van der Waals surface area contributed by atoms with Gasteiger partial charge < -0.3 is 13.4 Å². The van der Waals surface area contributed by atoms with Gasteiger partial charge in [-0.25, -0.2) is 19.9 Å². The minimum absolute atomic E-state index is 0.482. The summed E-state index contributed by atoms with van der Waals surface area (Å²) in [6, 6.07) is 47.4. The van der Waals surface area contributed by atoms with Crippen molar-refractivity contribution in [1.82, 2.24) is 24.5 Å². The van der Waals surface area contributed by atoms with Crippen LogP contribution in [-0.4, -0.2) is 24.5 Å². The van der Waals surface area contributed by atoms with Gasteiger partial charge in [-0.15, -0.1) is 0 Å². The number of para-hydroxylation sites is 2. The van der Waals surface area contributed by atoms with Crippen molar-refractivity contribution in [3.8, 4) is 51.3 Å². The molecule has 10 aromatic rings. The number of fused-ring (bicyclic) bond motifs is 6. The highest BCUT2D eigenvalue weighted by atomic mass is 16.3. The topological polar surface area (TPSA) is 82.8 Å². The van der Waals surface area contributed by atoms with E-state index >= 15 is 0 Å². The van der Waals surface area contributed by atoms with Crippen LogP contribution in [0.3, 0.4) is 0 Å². The van der Waals surface area contributed by atoms with Crippen LogP contribution in [0, 0.1) is 0 Å². The molecule has 0 aliphatic rings. The van der Waals surface area contributed by atoms with Crippen LogP contribution in [-0.2, 0) is 0 Å². The number of hydrogen-bond acceptors (Lipinski definition) is 6. The normalized spacial score (nSPS) is 12.3. The van der Waals surface area contributed by atoms with E-state index in [1.807, 2.05) is 91.9 Å². The third-order valence-corrected chi connectivity index (χ3v) is 9.76. The predicted octanol–water partition coefficient (Wildman–Crippen LogP) is 10.3. The number of nitrogens with zero attached hydrogens (tertiary/aromatic N) is 5. The van der Waals surface area contributed by atoms with Gasteiger partial charge in [-0.2, -0.15) is 0 Å². The molecule has 256 valence electrons. The molecule has 4 aromatic heterocycles. The summed E-state index contributed by atoms with van der Waals surface area (Å²) >= 11 is 0. The van der Waals surface area contributed by atoms with Crippen LogP contribution in [0.15, 0.2) is 161 Å². The SMILES string of the molecule is C=c1nc(-c2ccc3c(c2)oc2cccc(-c4nc(-c5ccccc5)nc(-c5cccc(-n6c7ccccc7c7ccccc76)c5)n4)c23)o/c1=C/C=C\C. The molecule has 0 N–H and O–H groups in total. The summed E-state index contributed by atoms with van der Waals surface area (Å²) in [6.07, 6.45) is 5.70. The molecule has 54 heavy (non-hydrogen) atoms. The standard InChI is InChI=1S/C47H31N5O2/c1-3-4-23-40-29(2)48-47(54-40)32-25-26-36-42(28-32)53-41-24-13-20-37(43(36)41)46-50-44(30-14-6-5-7-15-30)49-45(51-46)31-16-12-17-33(27-31)52-38-21-10-8-18-34(38)35-19-9-11-22-39(35)52/h3-28H,2H2,1H3/b4-3-,40-23+. The highest BCUT2D eigenvalue weighted by Gasteiger charge is 2.20. The fraction of sp³-hybridized carbons (Fsp3) is 0.0213. The number of benzene rings is 6. The summed E-state index contributed by atoms with van der Waals surface area (Å²) in [5.74, 6) is 2.20. The second-order valence-corrected chi connectivity index (χ2v) is 13.1. The third kappa shape index (κ3) is 5.21. The van der Waals surface area contributed by atoms with E-state index in [1.165, 1.54) is 10.8 Å².